The van der Waals surface area contributed by atoms with Crippen LogP contribution in [0.5, 0.6) is 0 Å². The summed E-state index contributed by atoms with van der Waals surface area (Å²) in [6, 6.07) is 0. The molecule has 0 spiro atoms. The molecule has 21 heavy (non-hydrogen) atoms. The highest BCUT2D eigenvalue weighted by Crippen LogP contribution is 2.46. The number of Topliss-reactive ketones (excluding diaryl/α,β-unsaturated/α-hetero) is 1. The summed E-state index contributed by atoms with van der Waals surface area (Å²) in [4.78, 5) is 24.9. The maximum atomic E-state index is 12.3. The molecule has 1 aromatic rings. The van der Waals surface area contributed by atoms with Crippen LogP contribution in [-0.4, -0.2) is 25.3 Å². The maximum Gasteiger partial charge on any atom is 0.256 e. The molecule has 0 aromatic carbocycles. The van der Waals surface area contributed by atoms with E-state index in [-0.39, 0.29) is 17.6 Å². The molecule has 114 valence electrons. The van der Waals surface area contributed by atoms with E-state index in [9.17, 15) is 9.59 Å². The van der Waals surface area contributed by atoms with E-state index in [1.54, 1.807) is 7.05 Å². The largest absolute Gasteiger partial charge is 0.397 e. The molecule has 1 aromatic heterocycles. The lowest BCUT2D eigenvalue weighted by atomic mass is 10.1. The fraction of sp³-hybridized carbons (Fsp3) is 0.600. The molecule has 0 atom stereocenters. The molecule has 2 fully saturated rings. The normalized spacial score (nSPS) is 19.1. The van der Waals surface area contributed by atoms with Crippen molar-refractivity contribution in [2.45, 2.75) is 32.6 Å². The van der Waals surface area contributed by atoms with Gasteiger partial charge in [-0.15, -0.1) is 11.3 Å². The average Bonchev–Trinajstić information content (AvgIpc) is 3.37. The fourth-order valence-electron chi connectivity index (χ4n) is 2.32. The number of carbonyl (C=O) groups is 2. The SMILES string of the molecule is CNC(=O)c1c(NCC2(C)CC2)sc(C(=O)C2CC2)c1N. The van der Waals surface area contributed by atoms with Gasteiger partial charge >= 0.3 is 0 Å². The van der Waals surface area contributed by atoms with Crippen LogP contribution in [0.4, 0.5) is 10.7 Å². The monoisotopic (exact) mass is 307 g/mol. The molecule has 1 heterocycles. The molecule has 5 nitrogen and oxygen atoms in total. The van der Waals surface area contributed by atoms with Crippen molar-refractivity contribution < 1.29 is 9.59 Å². The standard InChI is InChI=1S/C15H21N3O2S/c1-15(5-6-15)7-18-14-9(13(20)17-2)10(16)12(21-14)11(19)8-3-4-8/h8,18H,3-7,16H2,1-2H3,(H,17,20). The summed E-state index contributed by atoms with van der Waals surface area (Å²) in [6.07, 6.45) is 4.27. The Balaban J connectivity index is 1.89. The summed E-state index contributed by atoms with van der Waals surface area (Å²) in [5, 5.41) is 6.67. The Bertz CT molecular complexity index is 600. The summed E-state index contributed by atoms with van der Waals surface area (Å²) in [6.45, 7) is 3.03. The summed E-state index contributed by atoms with van der Waals surface area (Å²) in [7, 11) is 1.58. The number of ketones is 1. The van der Waals surface area contributed by atoms with Gasteiger partial charge in [-0.2, -0.15) is 0 Å². The number of nitrogen functional groups attached to an aromatic ring is 1. The molecule has 0 radical (unpaired) electrons. The van der Waals surface area contributed by atoms with Crippen LogP contribution in [0, 0.1) is 11.3 Å². The van der Waals surface area contributed by atoms with E-state index < -0.39 is 0 Å². The summed E-state index contributed by atoms with van der Waals surface area (Å²) in [5.74, 6) is -0.0346. The van der Waals surface area contributed by atoms with Gasteiger partial charge < -0.3 is 16.4 Å². The van der Waals surface area contributed by atoms with E-state index in [1.165, 1.54) is 24.2 Å². The fourth-order valence-corrected chi connectivity index (χ4v) is 3.45. The van der Waals surface area contributed by atoms with E-state index in [4.69, 9.17) is 5.73 Å². The van der Waals surface area contributed by atoms with Crippen molar-refractivity contribution in [1.82, 2.24) is 5.32 Å². The number of amides is 1. The third-order valence-corrected chi connectivity index (χ3v) is 5.53. The summed E-state index contributed by atoms with van der Waals surface area (Å²) in [5.41, 5.74) is 7.17. The van der Waals surface area contributed by atoms with Crippen LogP contribution in [-0.2, 0) is 0 Å². The van der Waals surface area contributed by atoms with Crippen LogP contribution in [0.1, 0.15) is 52.6 Å². The minimum atomic E-state index is -0.234. The molecule has 0 unspecified atom stereocenters. The highest BCUT2D eigenvalue weighted by atomic mass is 32.1. The number of nitrogens with two attached hydrogens (primary N) is 1. The minimum Gasteiger partial charge on any atom is -0.397 e. The van der Waals surface area contributed by atoms with Gasteiger partial charge in [-0.3, -0.25) is 9.59 Å². The number of rotatable bonds is 6. The first-order valence-corrected chi connectivity index (χ1v) is 8.19. The molecule has 4 N–H and O–H groups in total. The Labute approximate surface area is 128 Å². The zero-order chi connectivity index (χ0) is 15.2. The van der Waals surface area contributed by atoms with Crippen molar-refractivity contribution in [3.05, 3.63) is 10.4 Å². The van der Waals surface area contributed by atoms with Crippen LogP contribution in [0.15, 0.2) is 0 Å². The van der Waals surface area contributed by atoms with Gasteiger partial charge in [0.2, 0.25) is 0 Å². The molecule has 6 heteroatoms. The maximum absolute atomic E-state index is 12.3. The summed E-state index contributed by atoms with van der Waals surface area (Å²) >= 11 is 1.33. The van der Waals surface area contributed by atoms with Crippen LogP contribution >= 0.6 is 11.3 Å². The predicted octanol–water partition coefficient (Wildman–Crippen LogP) is 2.49. The molecule has 2 saturated carbocycles. The Hall–Kier alpha value is -1.56. The van der Waals surface area contributed by atoms with Gasteiger partial charge in [0.15, 0.2) is 5.78 Å². The number of hydrogen-bond acceptors (Lipinski definition) is 5. The van der Waals surface area contributed by atoms with Crippen molar-refractivity contribution in [3.63, 3.8) is 0 Å². The van der Waals surface area contributed by atoms with Gasteiger partial charge in [-0.1, -0.05) is 6.92 Å². The first-order chi connectivity index (χ1) is 9.95. The molecular weight excluding hydrogens is 286 g/mol. The first-order valence-electron chi connectivity index (χ1n) is 7.37. The Morgan fingerprint density at radius 3 is 2.57 bits per heavy atom. The number of hydrogen-bond donors (Lipinski definition) is 3. The molecule has 2 aliphatic carbocycles. The van der Waals surface area contributed by atoms with Crippen LogP contribution in [0.3, 0.4) is 0 Å². The molecule has 0 saturated heterocycles. The first kappa shape index (κ1) is 14.4. The zero-order valence-corrected chi connectivity index (χ0v) is 13.2. The number of nitrogens with one attached hydrogen (secondary N) is 2. The van der Waals surface area contributed by atoms with E-state index in [2.05, 4.69) is 17.6 Å². The van der Waals surface area contributed by atoms with Gasteiger partial charge in [0, 0.05) is 19.5 Å². The summed E-state index contributed by atoms with van der Waals surface area (Å²) < 4.78 is 0. The highest BCUT2D eigenvalue weighted by Gasteiger charge is 2.38. The third kappa shape index (κ3) is 2.77. The third-order valence-electron chi connectivity index (χ3n) is 4.35. The lowest BCUT2D eigenvalue weighted by molar-refractivity contribution is 0.0964. The minimum absolute atomic E-state index is 0.0911. The highest BCUT2D eigenvalue weighted by molar-refractivity contribution is 7.19. The Morgan fingerprint density at radius 1 is 1.38 bits per heavy atom. The zero-order valence-electron chi connectivity index (χ0n) is 12.4. The molecule has 2 aliphatic rings. The molecule has 3 rings (SSSR count). The second kappa shape index (κ2) is 5.02. The average molecular weight is 307 g/mol. The number of carbonyl (C=O) groups excluding carboxylic acids is 2. The van der Waals surface area contributed by atoms with E-state index in [1.807, 2.05) is 0 Å². The van der Waals surface area contributed by atoms with Crippen molar-refractivity contribution >= 4 is 33.7 Å². The molecular formula is C15H21N3O2S. The quantitative estimate of drug-likeness (QED) is 0.705. The Kier molecular flexibility index (Phi) is 3.43. The second-order valence-corrected chi connectivity index (χ2v) is 7.45. The smallest absolute Gasteiger partial charge is 0.256 e. The van der Waals surface area contributed by atoms with Gasteiger partial charge in [-0.05, 0) is 31.1 Å². The van der Waals surface area contributed by atoms with Crippen molar-refractivity contribution in [2.24, 2.45) is 11.3 Å². The van der Waals surface area contributed by atoms with Gasteiger partial charge in [0.25, 0.3) is 5.91 Å². The lowest BCUT2D eigenvalue weighted by Gasteiger charge is -2.11. The van der Waals surface area contributed by atoms with Crippen LogP contribution < -0.4 is 16.4 Å². The van der Waals surface area contributed by atoms with Gasteiger partial charge in [0.05, 0.1) is 16.1 Å². The van der Waals surface area contributed by atoms with Gasteiger partial charge in [-0.25, -0.2) is 0 Å². The van der Waals surface area contributed by atoms with E-state index in [0.717, 1.165) is 24.4 Å². The second-order valence-electron chi connectivity index (χ2n) is 6.43. The predicted molar refractivity (Wildman–Crippen MR) is 85.0 cm³/mol. The topological polar surface area (TPSA) is 84.2 Å². The van der Waals surface area contributed by atoms with E-state index >= 15 is 0 Å². The number of thiophene rings is 1. The van der Waals surface area contributed by atoms with Crippen molar-refractivity contribution in [2.75, 3.05) is 24.6 Å². The van der Waals surface area contributed by atoms with E-state index in [0.29, 0.717) is 21.5 Å². The molecule has 0 aliphatic heterocycles. The molecule has 0 bridgehead atoms. The lowest BCUT2D eigenvalue weighted by Crippen LogP contribution is -2.21. The van der Waals surface area contributed by atoms with Crippen LogP contribution in [0.25, 0.3) is 0 Å². The van der Waals surface area contributed by atoms with Crippen molar-refractivity contribution in [1.29, 1.82) is 0 Å². The van der Waals surface area contributed by atoms with Gasteiger partial charge in [0.1, 0.15) is 5.00 Å². The van der Waals surface area contributed by atoms with Crippen LogP contribution in [0.2, 0.25) is 0 Å². The number of anilines is 2. The van der Waals surface area contributed by atoms with Crippen molar-refractivity contribution in [3.8, 4) is 0 Å². The molecule has 1 amide bonds. The Morgan fingerprint density at radius 2 is 2.05 bits per heavy atom.